The molecule has 2 fully saturated rings. The summed E-state index contributed by atoms with van der Waals surface area (Å²) >= 11 is 3.52. The minimum Gasteiger partial charge on any atom is -0.366 e. The van der Waals surface area contributed by atoms with Gasteiger partial charge >= 0.3 is 0 Å². The SMILES string of the molecule is CC1(C)CN(c2cc(Br)nc(C3CC3)n2)CC(C)(C)O1. The molecule has 0 aromatic carbocycles. The van der Waals surface area contributed by atoms with E-state index in [4.69, 9.17) is 9.72 Å². The average molecular weight is 340 g/mol. The third-order valence-electron chi connectivity index (χ3n) is 3.66. The third kappa shape index (κ3) is 3.14. The van der Waals surface area contributed by atoms with E-state index >= 15 is 0 Å². The zero-order valence-corrected chi connectivity index (χ0v) is 14.2. The molecule has 0 N–H and O–H groups in total. The van der Waals surface area contributed by atoms with Crippen LogP contribution < -0.4 is 4.90 Å². The van der Waals surface area contributed by atoms with Gasteiger partial charge in [-0.1, -0.05) is 0 Å². The topological polar surface area (TPSA) is 38.2 Å². The van der Waals surface area contributed by atoms with E-state index in [1.807, 2.05) is 6.07 Å². The maximum atomic E-state index is 6.14. The van der Waals surface area contributed by atoms with Crippen molar-refractivity contribution in [3.05, 3.63) is 16.5 Å². The molecule has 0 radical (unpaired) electrons. The molecular formula is C15H22BrN3O. The van der Waals surface area contributed by atoms with Gasteiger partial charge in [-0.2, -0.15) is 0 Å². The fourth-order valence-corrected chi connectivity index (χ4v) is 3.45. The molecule has 0 unspecified atom stereocenters. The van der Waals surface area contributed by atoms with Crippen LogP contribution in [0.1, 0.15) is 52.3 Å². The second-order valence-electron chi connectivity index (χ2n) is 7.16. The standard InChI is InChI=1S/C15H22BrN3O/c1-14(2)8-19(9-15(3,4)20-14)12-7-11(16)17-13(18-12)10-5-6-10/h7,10H,5-6,8-9H2,1-4H3. The zero-order valence-electron chi connectivity index (χ0n) is 12.6. The summed E-state index contributed by atoms with van der Waals surface area (Å²) < 4.78 is 7.02. The molecule has 3 rings (SSSR count). The Bertz CT molecular complexity index is 510. The highest BCUT2D eigenvalue weighted by molar-refractivity contribution is 9.10. The lowest BCUT2D eigenvalue weighted by molar-refractivity contribution is -0.133. The fourth-order valence-electron chi connectivity index (χ4n) is 3.06. The lowest BCUT2D eigenvalue weighted by Gasteiger charge is -2.47. The summed E-state index contributed by atoms with van der Waals surface area (Å²) in [6.45, 7) is 10.3. The number of halogens is 1. The monoisotopic (exact) mass is 339 g/mol. The summed E-state index contributed by atoms with van der Waals surface area (Å²) in [5, 5.41) is 0. The van der Waals surface area contributed by atoms with Crippen molar-refractivity contribution >= 4 is 21.7 Å². The van der Waals surface area contributed by atoms with Crippen LogP contribution in [0.4, 0.5) is 5.82 Å². The van der Waals surface area contributed by atoms with Crippen molar-refractivity contribution in [1.29, 1.82) is 0 Å². The number of hydrogen-bond acceptors (Lipinski definition) is 4. The first kappa shape index (κ1) is 14.3. The van der Waals surface area contributed by atoms with Crippen LogP contribution in [0.5, 0.6) is 0 Å². The first-order chi connectivity index (χ1) is 9.24. The molecule has 4 nitrogen and oxygen atoms in total. The number of nitrogens with zero attached hydrogens (tertiary/aromatic N) is 3. The predicted octanol–water partition coefficient (Wildman–Crippen LogP) is 3.51. The Kier molecular flexibility index (Phi) is 3.33. The van der Waals surface area contributed by atoms with Gasteiger partial charge in [0.25, 0.3) is 0 Å². The van der Waals surface area contributed by atoms with E-state index in [1.54, 1.807) is 0 Å². The van der Waals surface area contributed by atoms with Crippen LogP contribution in [0.25, 0.3) is 0 Å². The molecule has 1 saturated carbocycles. The number of rotatable bonds is 2. The normalized spacial score (nSPS) is 24.8. The molecule has 2 aliphatic rings. The highest BCUT2D eigenvalue weighted by Gasteiger charge is 2.39. The fraction of sp³-hybridized carbons (Fsp3) is 0.733. The first-order valence-electron chi connectivity index (χ1n) is 7.24. The molecule has 2 heterocycles. The maximum Gasteiger partial charge on any atom is 0.135 e. The van der Waals surface area contributed by atoms with Crippen LogP contribution in [-0.4, -0.2) is 34.3 Å². The Balaban J connectivity index is 1.91. The van der Waals surface area contributed by atoms with E-state index in [9.17, 15) is 0 Å². The van der Waals surface area contributed by atoms with Crippen molar-refractivity contribution in [2.75, 3.05) is 18.0 Å². The smallest absolute Gasteiger partial charge is 0.135 e. The van der Waals surface area contributed by atoms with Crippen molar-refractivity contribution in [1.82, 2.24) is 9.97 Å². The van der Waals surface area contributed by atoms with E-state index in [2.05, 4.69) is 53.5 Å². The molecule has 0 spiro atoms. The largest absolute Gasteiger partial charge is 0.366 e. The second-order valence-corrected chi connectivity index (χ2v) is 7.97. The van der Waals surface area contributed by atoms with Crippen LogP contribution in [0, 0.1) is 0 Å². The number of morpholine rings is 1. The van der Waals surface area contributed by atoms with Crippen molar-refractivity contribution in [3.8, 4) is 0 Å². The third-order valence-corrected chi connectivity index (χ3v) is 4.07. The first-order valence-corrected chi connectivity index (χ1v) is 8.03. The van der Waals surface area contributed by atoms with Crippen LogP contribution in [0.3, 0.4) is 0 Å². The Morgan fingerprint density at radius 1 is 1.15 bits per heavy atom. The molecule has 1 aromatic rings. The van der Waals surface area contributed by atoms with Crippen LogP contribution in [0.15, 0.2) is 10.7 Å². The Hall–Kier alpha value is -0.680. The molecule has 0 atom stereocenters. The molecule has 1 aliphatic heterocycles. The van der Waals surface area contributed by atoms with Gasteiger partial charge in [0.15, 0.2) is 0 Å². The van der Waals surface area contributed by atoms with Gasteiger partial charge in [-0.15, -0.1) is 0 Å². The van der Waals surface area contributed by atoms with Gasteiger partial charge in [-0.05, 0) is 56.5 Å². The minimum absolute atomic E-state index is 0.168. The van der Waals surface area contributed by atoms with E-state index in [-0.39, 0.29) is 11.2 Å². The van der Waals surface area contributed by atoms with Crippen molar-refractivity contribution in [3.63, 3.8) is 0 Å². The van der Waals surface area contributed by atoms with Gasteiger partial charge in [-0.25, -0.2) is 9.97 Å². The summed E-state index contributed by atoms with van der Waals surface area (Å²) in [5.74, 6) is 2.56. The van der Waals surface area contributed by atoms with Gasteiger partial charge < -0.3 is 9.64 Å². The number of ether oxygens (including phenoxy) is 1. The van der Waals surface area contributed by atoms with E-state index < -0.39 is 0 Å². The van der Waals surface area contributed by atoms with Gasteiger partial charge in [-0.3, -0.25) is 0 Å². The quantitative estimate of drug-likeness (QED) is 0.773. The molecule has 1 saturated heterocycles. The Morgan fingerprint density at radius 3 is 2.30 bits per heavy atom. The summed E-state index contributed by atoms with van der Waals surface area (Å²) in [4.78, 5) is 11.6. The van der Waals surface area contributed by atoms with Crippen molar-refractivity contribution in [2.45, 2.75) is 57.7 Å². The lowest BCUT2D eigenvalue weighted by Crippen LogP contribution is -2.57. The van der Waals surface area contributed by atoms with Gasteiger partial charge in [0.2, 0.25) is 0 Å². The lowest BCUT2D eigenvalue weighted by atomic mass is 9.99. The number of aromatic nitrogens is 2. The van der Waals surface area contributed by atoms with E-state index in [1.165, 1.54) is 12.8 Å². The van der Waals surface area contributed by atoms with Crippen LogP contribution in [0.2, 0.25) is 0 Å². The molecule has 1 aliphatic carbocycles. The Morgan fingerprint density at radius 2 is 1.75 bits per heavy atom. The van der Waals surface area contributed by atoms with Crippen molar-refractivity contribution < 1.29 is 4.74 Å². The molecular weight excluding hydrogens is 318 g/mol. The molecule has 0 amide bonds. The highest BCUT2D eigenvalue weighted by Crippen LogP contribution is 2.39. The van der Waals surface area contributed by atoms with Crippen LogP contribution >= 0.6 is 15.9 Å². The highest BCUT2D eigenvalue weighted by atomic mass is 79.9. The van der Waals surface area contributed by atoms with Crippen LogP contribution in [-0.2, 0) is 4.74 Å². The molecule has 1 aromatic heterocycles. The molecule has 0 bridgehead atoms. The number of anilines is 1. The molecule has 110 valence electrons. The summed E-state index contributed by atoms with van der Waals surface area (Å²) in [7, 11) is 0. The second kappa shape index (κ2) is 4.67. The minimum atomic E-state index is -0.168. The average Bonchev–Trinajstić information content (AvgIpc) is 3.07. The summed E-state index contributed by atoms with van der Waals surface area (Å²) in [5.41, 5.74) is -0.335. The zero-order chi connectivity index (χ0) is 14.5. The number of hydrogen-bond donors (Lipinski definition) is 0. The van der Waals surface area contributed by atoms with E-state index in [0.29, 0.717) is 5.92 Å². The predicted molar refractivity (Wildman–Crippen MR) is 83.2 cm³/mol. The molecule has 5 heteroatoms. The molecule has 20 heavy (non-hydrogen) atoms. The van der Waals surface area contributed by atoms with Gasteiger partial charge in [0, 0.05) is 25.1 Å². The van der Waals surface area contributed by atoms with E-state index in [0.717, 1.165) is 29.3 Å². The maximum absolute atomic E-state index is 6.14. The van der Waals surface area contributed by atoms with Gasteiger partial charge in [0.05, 0.1) is 11.2 Å². The van der Waals surface area contributed by atoms with Gasteiger partial charge in [0.1, 0.15) is 16.2 Å². The Labute approximate surface area is 129 Å². The summed E-state index contributed by atoms with van der Waals surface area (Å²) in [6, 6.07) is 2.02. The van der Waals surface area contributed by atoms with Crippen molar-refractivity contribution in [2.24, 2.45) is 0 Å². The summed E-state index contributed by atoms with van der Waals surface area (Å²) in [6.07, 6.45) is 2.44.